The van der Waals surface area contributed by atoms with Crippen molar-refractivity contribution in [2.75, 3.05) is 10.5 Å². The average Bonchev–Trinajstić information content (AvgIpc) is 2.47. The molecule has 0 amide bonds. The largest absolute Gasteiger partial charge is 0.399 e. The SMILES string of the molecule is Nc1ccc2c(c1)-c1cc(Cl)c3cccnc3c1NS2. The number of nitrogens with one attached hydrogen (secondary N) is 1. The topological polar surface area (TPSA) is 50.9 Å². The third-order valence-corrected chi connectivity index (χ3v) is 4.59. The second-order valence-electron chi connectivity index (χ2n) is 4.64. The van der Waals surface area contributed by atoms with Gasteiger partial charge in [-0.25, -0.2) is 0 Å². The second kappa shape index (κ2) is 4.30. The zero-order valence-electron chi connectivity index (χ0n) is 10.4. The van der Waals surface area contributed by atoms with Crippen molar-refractivity contribution in [3.05, 3.63) is 47.6 Å². The van der Waals surface area contributed by atoms with Gasteiger partial charge in [-0.15, -0.1) is 0 Å². The third kappa shape index (κ3) is 1.65. The zero-order chi connectivity index (χ0) is 13.7. The van der Waals surface area contributed by atoms with E-state index in [-0.39, 0.29) is 0 Å². The van der Waals surface area contributed by atoms with Crippen LogP contribution in [0.25, 0.3) is 22.0 Å². The van der Waals surface area contributed by atoms with Gasteiger partial charge in [0.05, 0.1) is 16.2 Å². The summed E-state index contributed by atoms with van der Waals surface area (Å²) in [5.74, 6) is 0. The van der Waals surface area contributed by atoms with Gasteiger partial charge < -0.3 is 10.5 Å². The number of benzene rings is 2. The van der Waals surface area contributed by atoms with Gasteiger partial charge in [-0.2, -0.15) is 0 Å². The van der Waals surface area contributed by atoms with E-state index in [9.17, 15) is 0 Å². The molecule has 0 fully saturated rings. The Balaban J connectivity index is 2.11. The molecule has 3 N–H and O–H groups in total. The molecule has 0 bridgehead atoms. The molecule has 0 saturated carbocycles. The Bertz CT molecular complexity index is 848. The first-order chi connectivity index (χ1) is 9.74. The summed E-state index contributed by atoms with van der Waals surface area (Å²) >= 11 is 7.97. The van der Waals surface area contributed by atoms with Crippen molar-refractivity contribution < 1.29 is 0 Å². The fraction of sp³-hybridized carbons (Fsp3) is 0. The van der Waals surface area contributed by atoms with Gasteiger partial charge in [-0.05, 0) is 48.3 Å². The lowest BCUT2D eigenvalue weighted by molar-refractivity contribution is 1.39. The quantitative estimate of drug-likeness (QED) is 0.471. The van der Waals surface area contributed by atoms with E-state index >= 15 is 0 Å². The van der Waals surface area contributed by atoms with Crippen LogP contribution in [-0.4, -0.2) is 4.98 Å². The van der Waals surface area contributed by atoms with Crippen LogP contribution in [0.4, 0.5) is 11.4 Å². The first kappa shape index (κ1) is 11.9. The number of hydrogen-bond donors (Lipinski definition) is 2. The number of aromatic nitrogens is 1. The van der Waals surface area contributed by atoms with Crippen LogP contribution in [0, 0.1) is 0 Å². The molecule has 0 unspecified atom stereocenters. The van der Waals surface area contributed by atoms with Crippen molar-refractivity contribution in [1.82, 2.24) is 4.98 Å². The molecule has 2 aromatic carbocycles. The normalized spacial score (nSPS) is 12.7. The number of nitrogen functional groups attached to an aromatic ring is 1. The molecule has 1 aliphatic rings. The number of nitrogens with two attached hydrogens (primary N) is 1. The predicted octanol–water partition coefficient (Wildman–Crippen LogP) is 4.57. The Morgan fingerprint density at radius 1 is 1.15 bits per heavy atom. The molecule has 20 heavy (non-hydrogen) atoms. The molecule has 0 saturated heterocycles. The minimum atomic E-state index is 0.703. The summed E-state index contributed by atoms with van der Waals surface area (Å²) in [6, 6.07) is 11.7. The van der Waals surface area contributed by atoms with Crippen LogP contribution in [0.1, 0.15) is 0 Å². The zero-order valence-corrected chi connectivity index (χ0v) is 11.9. The van der Waals surface area contributed by atoms with Crippen molar-refractivity contribution in [1.29, 1.82) is 0 Å². The highest BCUT2D eigenvalue weighted by Gasteiger charge is 2.21. The predicted molar refractivity (Wildman–Crippen MR) is 86.1 cm³/mol. The molecule has 0 radical (unpaired) electrons. The molecule has 4 rings (SSSR count). The Hall–Kier alpha value is -1.91. The van der Waals surface area contributed by atoms with Crippen LogP contribution < -0.4 is 10.5 Å². The molecule has 0 aliphatic carbocycles. The molecule has 0 atom stereocenters. The monoisotopic (exact) mass is 299 g/mol. The van der Waals surface area contributed by atoms with Crippen LogP contribution in [0.3, 0.4) is 0 Å². The lowest BCUT2D eigenvalue weighted by Gasteiger charge is -2.22. The number of nitrogens with zero attached hydrogens (tertiary/aromatic N) is 1. The first-order valence-electron chi connectivity index (χ1n) is 6.14. The van der Waals surface area contributed by atoms with Gasteiger partial charge in [-0.3, -0.25) is 4.98 Å². The maximum Gasteiger partial charge on any atom is 0.0963 e. The highest BCUT2D eigenvalue weighted by molar-refractivity contribution is 8.00. The van der Waals surface area contributed by atoms with Crippen LogP contribution >= 0.6 is 23.5 Å². The smallest absolute Gasteiger partial charge is 0.0963 e. The maximum absolute atomic E-state index is 6.39. The second-order valence-corrected chi connectivity index (χ2v) is 5.90. The Kier molecular flexibility index (Phi) is 2.55. The van der Waals surface area contributed by atoms with Gasteiger partial charge in [0.1, 0.15) is 0 Å². The van der Waals surface area contributed by atoms with Gasteiger partial charge in [0.25, 0.3) is 0 Å². The molecule has 3 nitrogen and oxygen atoms in total. The van der Waals surface area contributed by atoms with Crippen molar-refractivity contribution >= 4 is 45.8 Å². The van der Waals surface area contributed by atoms with Crippen molar-refractivity contribution in [3.63, 3.8) is 0 Å². The van der Waals surface area contributed by atoms with Crippen LogP contribution in [0.2, 0.25) is 5.02 Å². The molecule has 2 heterocycles. The third-order valence-electron chi connectivity index (χ3n) is 3.40. The van der Waals surface area contributed by atoms with Crippen molar-refractivity contribution in [2.45, 2.75) is 4.90 Å². The maximum atomic E-state index is 6.39. The van der Waals surface area contributed by atoms with Crippen molar-refractivity contribution in [2.24, 2.45) is 0 Å². The number of anilines is 2. The van der Waals surface area contributed by atoms with Gasteiger partial charge in [0, 0.05) is 33.3 Å². The fourth-order valence-electron chi connectivity index (χ4n) is 2.47. The first-order valence-corrected chi connectivity index (χ1v) is 7.33. The molecule has 0 spiro atoms. The lowest BCUT2D eigenvalue weighted by atomic mass is 10.0. The Labute approximate surface area is 125 Å². The number of halogens is 1. The molecule has 1 aromatic heterocycles. The molecular formula is C15H10ClN3S. The standard InChI is InChI=1S/C15H10ClN3S/c16-12-7-11-10-6-8(17)3-4-13(10)20-19-15(11)14-9(12)2-1-5-18-14/h1-7,19H,17H2. The molecule has 3 aromatic rings. The number of rotatable bonds is 0. The summed E-state index contributed by atoms with van der Waals surface area (Å²) < 4.78 is 3.36. The number of pyridine rings is 1. The van der Waals surface area contributed by atoms with E-state index in [1.54, 1.807) is 18.1 Å². The highest BCUT2D eigenvalue weighted by atomic mass is 35.5. The summed E-state index contributed by atoms with van der Waals surface area (Å²) in [5.41, 5.74) is 10.7. The summed E-state index contributed by atoms with van der Waals surface area (Å²) in [4.78, 5) is 5.60. The summed E-state index contributed by atoms with van der Waals surface area (Å²) in [6.07, 6.45) is 1.78. The summed E-state index contributed by atoms with van der Waals surface area (Å²) in [7, 11) is 0. The molecule has 1 aliphatic heterocycles. The highest BCUT2D eigenvalue weighted by Crippen LogP contribution is 2.47. The van der Waals surface area contributed by atoms with E-state index < -0.39 is 0 Å². The van der Waals surface area contributed by atoms with E-state index in [0.717, 1.165) is 38.3 Å². The van der Waals surface area contributed by atoms with Crippen LogP contribution in [0.15, 0.2) is 47.5 Å². The fourth-order valence-corrected chi connectivity index (χ4v) is 3.57. The summed E-state index contributed by atoms with van der Waals surface area (Å²) in [5, 5.41) is 1.65. The minimum absolute atomic E-state index is 0.703. The van der Waals surface area contributed by atoms with E-state index in [4.69, 9.17) is 17.3 Å². The van der Waals surface area contributed by atoms with Gasteiger partial charge in [0.2, 0.25) is 0 Å². The minimum Gasteiger partial charge on any atom is -0.399 e. The number of fused-ring (bicyclic) bond motifs is 5. The van der Waals surface area contributed by atoms with Crippen molar-refractivity contribution in [3.8, 4) is 11.1 Å². The van der Waals surface area contributed by atoms with E-state index in [1.807, 2.05) is 36.4 Å². The van der Waals surface area contributed by atoms with Crippen LogP contribution in [-0.2, 0) is 0 Å². The van der Waals surface area contributed by atoms with Gasteiger partial charge in [-0.1, -0.05) is 11.6 Å². The molecule has 5 heteroatoms. The lowest BCUT2D eigenvalue weighted by Crippen LogP contribution is -2.01. The molecule has 98 valence electrons. The summed E-state index contributed by atoms with van der Waals surface area (Å²) in [6.45, 7) is 0. The molecular weight excluding hydrogens is 290 g/mol. The van der Waals surface area contributed by atoms with E-state index in [2.05, 4.69) is 9.71 Å². The van der Waals surface area contributed by atoms with Gasteiger partial charge in [0.15, 0.2) is 0 Å². The van der Waals surface area contributed by atoms with E-state index in [1.165, 1.54) is 0 Å². The number of hydrogen-bond acceptors (Lipinski definition) is 4. The average molecular weight is 300 g/mol. The van der Waals surface area contributed by atoms with Crippen LogP contribution in [0.5, 0.6) is 0 Å². The Morgan fingerprint density at radius 3 is 2.95 bits per heavy atom. The van der Waals surface area contributed by atoms with E-state index in [0.29, 0.717) is 5.02 Å². The van der Waals surface area contributed by atoms with Gasteiger partial charge >= 0.3 is 0 Å². The Morgan fingerprint density at radius 2 is 2.05 bits per heavy atom.